The first kappa shape index (κ1) is 16.7. The van der Waals surface area contributed by atoms with Gasteiger partial charge in [-0.05, 0) is 49.1 Å². The topological polar surface area (TPSA) is 72.9 Å². The average molecular weight is 344 g/mol. The molecule has 136 valence electrons. The van der Waals surface area contributed by atoms with Crippen LogP contribution in [0.1, 0.15) is 87.7 Å². The Morgan fingerprint density at radius 1 is 1.16 bits per heavy atom. The van der Waals surface area contributed by atoms with Crippen molar-refractivity contribution in [1.82, 2.24) is 30.1 Å². The molecule has 3 heterocycles. The lowest BCUT2D eigenvalue weighted by molar-refractivity contribution is 0.206. The summed E-state index contributed by atoms with van der Waals surface area (Å²) in [6, 6.07) is 0.254. The average Bonchev–Trinajstić information content (AvgIpc) is 3.38. The lowest BCUT2D eigenvalue weighted by atomic mass is 9.87. The number of rotatable bonds is 6. The predicted molar refractivity (Wildman–Crippen MR) is 92.8 cm³/mol. The molecular formula is C18H28N6O. The summed E-state index contributed by atoms with van der Waals surface area (Å²) in [4.78, 5) is 7.30. The first-order valence-corrected chi connectivity index (χ1v) is 9.79. The molecule has 1 aliphatic heterocycles. The maximum absolute atomic E-state index is 5.92. The molecule has 2 aliphatic rings. The molecule has 0 radical (unpaired) electrons. The van der Waals surface area contributed by atoms with Crippen LogP contribution in [0.3, 0.4) is 0 Å². The van der Waals surface area contributed by atoms with E-state index in [0.29, 0.717) is 5.92 Å². The third-order valence-corrected chi connectivity index (χ3v) is 5.60. The molecule has 1 aliphatic carbocycles. The van der Waals surface area contributed by atoms with Crippen molar-refractivity contribution in [2.75, 3.05) is 6.54 Å². The van der Waals surface area contributed by atoms with Crippen molar-refractivity contribution in [2.45, 2.75) is 83.3 Å². The summed E-state index contributed by atoms with van der Waals surface area (Å²) in [5.41, 5.74) is 1.16. The molecule has 0 bridgehead atoms. The standard InChI is InChI=1S/C18H28N6O/c1-2-10-24-17(20-21-22-24)12-23-11-6-9-16(23)18-19-15(13-25-18)14-7-4-3-5-8-14/h13-14,16H,2-12H2,1H3/t16-/m0/s1. The highest BCUT2D eigenvalue weighted by Gasteiger charge is 2.32. The van der Waals surface area contributed by atoms with Crippen LogP contribution in [-0.4, -0.2) is 36.6 Å². The van der Waals surface area contributed by atoms with Crippen molar-refractivity contribution >= 4 is 0 Å². The number of tetrazole rings is 1. The van der Waals surface area contributed by atoms with Gasteiger partial charge in [-0.25, -0.2) is 9.67 Å². The van der Waals surface area contributed by atoms with Crippen molar-refractivity contribution < 1.29 is 4.42 Å². The predicted octanol–water partition coefficient (Wildman–Crippen LogP) is 3.46. The van der Waals surface area contributed by atoms with Crippen molar-refractivity contribution in [3.05, 3.63) is 23.7 Å². The summed E-state index contributed by atoms with van der Waals surface area (Å²) >= 11 is 0. The molecule has 0 unspecified atom stereocenters. The van der Waals surface area contributed by atoms with E-state index in [1.165, 1.54) is 38.5 Å². The molecular weight excluding hydrogens is 316 g/mol. The van der Waals surface area contributed by atoms with E-state index in [2.05, 4.69) is 27.3 Å². The fourth-order valence-electron chi connectivity index (χ4n) is 4.24. The molecule has 25 heavy (non-hydrogen) atoms. The summed E-state index contributed by atoms with van der Waals surface area (Å²) in [5.74, 6) is 2.42. The minimum atomic E-state index is 0.254. The van der Waals surface area contributed by atoms with Crippen LogP contribution < -0.4 is 0 Å². The highest BCUT2D eigenvalue weighted by atomic mass is 16.3. The van der Waals surface area contributed by atoms with E-state index in [1.807, 2.05) is 10.9 Å². The molecule has 7 nitrogen and oxygen atoms in total. The van der Waals surface area contributed by atoms with Crippen molar-refractivity contribution in [2.24, 2.45) is 0 Å². The minimum absolute atomic E-state index is 0.254. The Morgan fingerprint density at radius 2 is 2.04 bits per heavy atom. The zero-order valence-electron chi connectivity index (χ0n) is 15.1. The number of hydrogen-bond donors (Lipinski definition) is 0. The number of nitrogens with zero attached hydrogens (tertiary/aromatic N) is 6. The van der Waals surface area contributed by atoms with Crippen LogP contribution in [0.4, 0.5) is 0 Å². The van der Waals surface area contributed by atoms with Gasteiger partial charge in [0.2, 0.25) is 5.89 Å². The quantitative estimate of drug-likeness (QED) is 0.799. The zero-order chi connectivity index (χ0) is 17.1. The highest BCUT2D eigenvalue weighted by Crippen LogP contribution is 2.36. The Hall–Kier alpha value is -1.76. The van der Waals surface area contributed by atoms with Crippen molar-refractivity contribution in [1.29, 1.82) is 0 Å². The lowest BCUT2D eigenvalue weighted by Crippen LogP contribution is -2.25. The Bertz CT molecular complexity index is 675. The Kier molecular flexibility index (Phi) is 5.10. The maximum atomic E-state index is 5.92. The van der Waals surface area contributed by atoms with Crippen molar-refractivity contribution in [3.8, 4) is 0 Å². The second-order valence-electron chi connectivity index (χ2n) is 7.39. The van der Waals surface area contributed by atoms with Gasteiger partial charge in [0.25, 0.3) is 0 Å². The van der Waals surface area contributed by atoms with Gasteiger partial charge in [0.15, 0.2) is 5.82 Å². The van der Waals surface area contributed by atoms with E-state index in [4.69, 9.17) is 9.40 Å². The zero-order valence-corrected chi connectivity index (χ0v) is 15.1. The number of likely N-dealkylation sites (tertiary alicyclic amines) is 1. The first-order chi connectivity index (χ1) is 12.3. The smallest absolute Gasteiger partial charge is 0.211 e. The number of aryl methyl sites for hydroxylation is 1. The van der Waals surface area contributed by atoms with Crippen LogP contribution in [0, 0.1) is 0 Å². The Labute approximate surface area is 148 Å². The first-order valence-electron chi connectivity index (χ1n) is 9.79. The summed E-state index contributed by atoms with van der Waals surface area (Å²) in [5, 5.41) is 12.2. The molecule has 0 aromatic carbocycles. The number of aromatic nitrogens is 5. The summed E-state index contributed by atoms with van der Waals surface area (Å²) < 4.78 is 7.83. The molecule has 2 aromatic heterocycles. The number of oxazole rings is 1. The van der Waals surface area contributed by atoms with Crippen LogP contribution in [-0.2, 0) is 13.1 Å². The van der Waals surface area contributed by atoms with Crippen LogP contribution in [0.5, 0.6) is 0 Å². The molecule has 0 N–H and O–H groups in total. The summed E-state index contributed by atoms with van der Waals surface area (Å²) in [6.07, 6.45) is 11.7. The molecule has 2 aromatic rings. The van der Waals surface area contributed by atoms with Crippen LogP contribution in [0.2, 0.25) is 0 Å². The molecule has 0 amide bonds. The molecule has 4 rings (SSSR count). The SMILES string of the molecule is CCCn1nnnc1CN1CCC[C@H]1c1nc(C2CCCCC2)co1. The summed E-state index contributed by atoms with van der Waals surface area (Å²) in [6.45, 7) is 4.82. The normalized spacial score (nSPS) is 22.7. The van der Waals surface area contributed by atoms with Crippen LogP contribution in [0.25, 0.3) is 0 Å². The second-order valence-corrected chi connectivity index (χ2v) is 7.39. The van der Waals surface area contributed by atoms with Gasteiger partial charge in [-0.1, -0.05) is 26.2 Å². The van der Waals surface area contributed by atoms with E-state index in [0.717, 1.165) is 49.9 Å². The van der Waals surface area contributed by atoms with Gasteiger partial charge in [-0.3, -0.25) is 4.90 Å². The second kappa shape index (κ2) is 7.64. The van der Waals surface area contributed by atoms with E-state index in [-0.39, 0.29) is 6.04 Å². The molecule has 7 heteroatoms. The van der Waals surface area contributed by atoms with Gasteiger partial charge in [0.05, 0.1) is 18.3 Å². The molecule has 1 saturated heterocycles. The third-order valence-electron chi connectivity index (χ3n) is 5.60. The Morgan fingerprint density at radius 3 is 2.88 bits per heavy atom. The minimum Gasteiger partial charge on any atom is -0.447 e. The monoisotopic (exact) mass is 344 g/mol. The summed E-state index contributed by atoms with van der Waals surface area (Å²) in [7, 11) is 0. The largest absolute Gasteiger partial charge is 0.447 e. The van der Waals surface area contributed by atoms with Gasteiger partial charge in [0, 0.05) is 12.5 Å². The van der Waals surface area contributed by atoms with Gasteiger partial charge in [-0.2, -0.15) is 0 Å². The van der Waals surface area contributed by atoms with Crippen molar-refractivity contribution in [3.63, 3.8) is 0 Å². The lowest BCUT2D eigenvalue weighted by Gasteiger charge is -2.21. The molecule has 1 atom stereocenters. The third kappa shape index (κ3) is 3.61. The van der Waals surface area contributed by atoms with Crippen LogP contribution >= 0.6 is 0 Å². The van der Waals surface area contributed by atoms with E-state index in [9.17, 15) is 0 Å². The number of hydrogen-bond acceptors (Lipinski definition) is 6. The molecule has 2 fully saturated rings. The maximum Gasteiger partial charge on any atom is 0.211 e. The van der Waals surface area contributed by atoms with Gasteiger partial charge in [0.1, 0.15) is 6.26 Å². The van der Waals surface area contributed by atoms with Gasteiger partial charge in [-0.15, -0.1) is 5.10 Å². The van der Waals surface area contributed by atoms with Gasteiger partial charge < -0.3 is 4.42 Å². The fraction of sp³-hybridized carbons (Fsp3) is 0.778. The fourth-order valence-corrected chi connectivity index (χ4v) is 4.24. The van der Waals surface area contributed by atoms with E-state index in [1.54, 1.807) is 0 Å². The van der Waals surface area contributed by atoms with E-state index < -0.39 is 0 Å². The molecule has 0 spiro atoms. The Balaban J connectivity index is 1.46. The van der Waals surface area contributed by atoms with Crippen LogP contribution in [0.15, 0.2) is 10.7 Å². The van der Waals surface area contributed by atoms with Gasteiger partial charge >= 0.3 is 0 Å². The van der Waals surface area contributed by atoms with E-state index >= 15 is 0 Å². The molecule has 1 saturated carbocycles. The highest BCUT2D eigenvalue weighted by molar-refractivity contribution is 5.08.